The number of alkyl halides is 3. The van der Waals surface area contributed by atoms with Gasteiger partial charge in [0.15, 0.2) is 11.5 Å². The van der Waals surface area contributed by atoms with E-state index >= 15 is 0 Å². The fraction of sp³-hybridized carbons (Fsp3) is 0.400. The average Bonchev–Trinajstić information content (AvgIpc) is 3.14. The third-order valence-electron chi connectivity index (χ3n) is 5.38. The largest absolute Gasteiger partial charge is 0.408 e. The number of halogens is 3. The van der Waals surface area contributed by atoms with Crippen LogP contribution < -0.4 is 4.90 Å². The van der Waals surface area contributed by atoms with Crippen LogP contribution >= 0.6 is 0 Å². The normalized spacial score (nSPS) is 20.9. The maximum Gasteiger partial charge on any atom is 0.408 e. The molecule has 2 fully saturated rings. The van der Waals surface area contributed by atoms with E-state index in [1.54, 1.807) is 24.3 Å². The summed E-state index contributed by atoms with van der Waals surface area (Å²) in [6.45, 7) is 0.427. The van der Waals surface area contributed by atoms with Crippen LogP contribution in [0.3, 0.4) is 0 Å². The summed E-state index contributed by atoms with van der Waals surface area (Å²) in [4.78, 5) is 25.2. The Morgan fingerprint density at radius 1 is 1.06 bits per heavy atom. The van der Waals surface area contributed by atoms with Gasteiger partial charge in [0.25, 0.3) is 0 Å². The van der Waals surface area contributed by atoms with Crippen molar-refractivity contribution in [2.75, 3.05) is 31.3 Å². The van der Waals surface area contributed by atoms with Gasteiger partial charge in [-0.05, 0) is 24.3 Å². The van der Waals surface area contributed by atoms with Crippen molar-refractivity contribution in [1.82, 2.24) is 19.7 Å². The highest BCUT2D eigenvalue weighted by Gasteiger charge is 2.38. The molecule has 2 saturated heterocycles. The smallest absolute Gasteiger partial charge is 0.377 e. The van der Waals surface area contributed by atoms with Crippen LogP contribution in [-0.4, -0.2) is 70.5 Å². The van der Waals surface area contributed by atoms with Crippen LogP contribution in [0.1, 0.15) is 0 Å². The molecular weight excluding hydrogens is 429 g/mol. The molecule has 32 heavy (non-hydrogen) atoms. The molecule has 4 heterocycles. The summed E-state index contributed by atoms with van der Waals surface area (Å²) < 4.78 is 51.5. The van der Waals surface area contributed by atoms with E-state index in [0.29, 0.717) is 48.9 Å². The van der Waals surface area contributed by atoms with Crippen molar-refractivity contribution in [1.29, 1.82) is 0 Å². The number of rotatable bonds is 4. The first-order chi connectivity index (χ1) is 15.4. The Balaban J connectivity index is 1.67. The summed E-state index contributed by atoms with van der Waals surface area (Å²) in [7, 11) is 0. The van der Waals surface area contributed by atoms with Crippen LogP contribution in [0.5, 0.6) is 0 Å². The maximum absolute atomic E-state index is 13.1. The van der Waals surface area contributed by atoms with Gasteiger partial charge >= 0.3 is 6.18 Å². The molecular formula is C20H17F3N6O3. The number of ether oxygens (including phenoxy) is 2. The van der Waals surface area contributed by atoms with E-state index in [0.717, 1.165) is 4.68 Å². The van der Waals surface area contributed by atoms with Crippen molar-refractivity contribution < 1.29 is 27.4 Å². The molecule has 0 N–H and O–H groups in total. The molecule has 0 atom stereocenters. The Bertz CT molecular complexity index is 1170. The summed E-state index contributed by atoms with van der Waals surface area (Å²) in [6, 6.07) is 6.21. The number of hydrogen-bond donors (Lipinski definition) is 0. The van der Waals surface area contributed by atoms with E-state index in [1.165, 1.54) is 12.3 Å². The minimum Gasteiger partial charge on any atom is -0.377 e. The van der Waals surface area contributed by atoms with Gasteiger partial charge in [0.2, 0.25) is 6.08 Å². The van der Waals surface area contributed by atoms with Crippen LogP contribution in [-0.2, 0) is 20.8 Å². The molecule has 5 rings (SSSR count). The highest BCUT2D eigenvalue weighted by molar-refractivity contribution is 5.89. The lowest BCUT2D eigenvalue weighted by Crippen LogP contribution is -2.60. The Morgan fingerprint density at radius 3 is 2.31 bits per heavy atom. The van der Waals surface area contributed by atoms with Gasteiger partial charge in [-0.25, -0.2) is 19.4 Å². The monoisotopic (exact) mass is 446 g/mol. The number of hydrogen-bond acceptors (Lipinski definition) is 8. The number of nitrogens with zero attached hydrogens (tertiary/aromatic N) is 6. The van der Waals surface area contributed by atoms with Crippen LogP contribution in [0, 0.1) is 0 Å². The second-order valence-electron chi connectivity index (χ2n) is 7.57. The molecule has 1 aromatic carbocycles. The van der Waals surface area contributed by atoms with Crippen LogP contribution in [0.4, 0.5) is 24.7 Å². The minimum absolute atomic E-state index is 0.0859. The number of carbonyl (C=O) groups excluding carboxylic acids is 1. The van der Waals surface area contributed by atoms with Crippen LogP contribution in [0.15, 0.2) is 35.5 Å². The van der Waals surface area contributed by atoms with Crippen LogP contribution in [0.25, 0.3) is 22.4 Å². The van der Waals surface area contributed by atoms with Gasteiger partial charge in [-0.15, -0.1) is 0 Å². The number of morpholine rings is 2. The lowest BCUT2D eigenvalue weighted by Gasteiger charge is -2.46. The third-order valence-corrected chi connectivity index (χ3v) is 5.38. The van der Waals surface area contributed by atoms with Crippen molar-refractivity contribution in [2.45, 2.75) is 24.8 Å². The van der Waals surface area contributed by atoms with Crippen molar-refractivity contribution >= 4 is 28.6 Å². The molecule has 2 aliphatic rings. The first kappa shape index (κ1) is 20.6. The molecule has 2 aromatic heterocycles. The molecule has 9 nitrogen and oxygen atoms in total. The van der Waals surface area contributed by atoms with E-state index in [9.17, 15) is 18.0 Å². The van der Waals surface area contributed by atoms with Crippen molar-refractivity contribution in [3.05, 3.63) is 30.5 Å². The average molecular weight is 446 g/mol. The summed E-state index contributed by atoms with van der Waals surface area (Å²) in [5, 5.41) is 4.38. The van der Waals surface area contributed by atoms with Gasteiger partial charge in [0.05, 0.1) is 55.8 Å². The maximum atomic E-state index is 13.1. The van der Waals surface area contributed by atoms with Gasteiger partial charge in [-0.1, -0.05) is 0 Å². The first-order valence-corrected chi connectivity index (χ1v) is 9.85. The quantitative estimate of drug-likeness (QED) is 0.449. The molecule has 0 radical (unpaired) electrons. The van der Waals surface area contributed by atoms with E-state index in [2.05, 4.69) is 15.1 Å². The molecule has 3 aromatic rings. The summed E-state index contributed by atoms with van der Waals surface area (Å²) in [6.07, 6.45) is -1.62. The number of anilines is 1. The number of aliphatic imine (C=N–C) groups is 1. The Kier molecular flexibility index (Phi) is 5.12. The third kappa shape index (κ3) is 3.83. The zero-order chi connectivity index (χ0) is 22.3. The summed E-state index contributed by atoms with van der Waals surface area (Å²) in [5.74, 6) is 0.735. The number of aromatic nitrogens is 4. The SMILES string of the molecule is O=C=Nc1ccc(-c2nc(N3C4COCC3COC4)c3cnn(CC(F)(F)F)c3n2)cc1. The molecule has 166 valence electrons. The number of isocyanates is 1. The standard InChI is InChI=1S/C20H17F3N6O3/c21-20(22,23)10-28-18-16(5-25-28)19(29-14-6-31-8-15(29)9-32-7-14)27-17(26-18)12-1-3-13(4-2-12)24-11-30/h1-5,14-15H,6-10H2. The molecule has 0 unspecified atom stereocenters. The zero-order valence-electron chi connectivity index (χ0n) is 16.6. The molecule has 12 heteroatoms. The molecule has 0 saturated carbocycles. The highest BCUT2D eigenvalue weighted by Crippen LogP contribution is 2.34. The Morgan fingerprint density at radius 2 is 1.72 bits per heavy atom. The second-order valence-corrected chi connectivity index (χ2v) is 7.57. The molecule has 2 bridgehead atoms. The van der Waals surface area contributed by atoms with E-state index in [1.807, 2.05) is 4.90 Å². The van der Waals surface area contributed by atoms with Gasteiger partial charge < -0.3 is 14.4 Å². The predicted molar refractivity (Wildman–Crippen MR) is 106 cm³/mol. The Hall–Kier alpha value is -3.34. The number of fused-ring (bicyclic) bond motifs is 3. The molecule has 2 aliphatic heterocycles. The fourth-order valence-electron chi connectivity index (χ4n) is 4.03. The van der Waals surface area contributed by atoms with Crippen molar-refractivity contribution in [2.24, 2.45) is 4.99 Å². The van der Waals surface area contributed by atoms with E-state index in [4.69, 9.17) is 14.5 Å². The molecule has 0 spiro atoms. The van der Waals surface area contributed by atoms with Gasteiger partial charge in [0, 0.05) is 5.56 Å². The van der Waals surface area contributed by atoms with Crippen LogP contribution in [0.2, 0.25) is 0 Å². The number of benzene rings is 1. The topological polar surface area (TPSA) is 94.7 Å². The molecule has 0 aliphatic carbocycles. The Labute approximate surface area is 179 Å². The molecule has 0 amide bonds. The zero-order valence-corrected chi connectivity index (χ0v) is 16.6. The lowest BCUT2D eigenvalue weighted by atomic mass is 10.1. The van der Waals surface area contributed by atoms with Gasteiger partial charge in [-0.2, -0.15) is 23.3 Å². The highest BCUT2D eigenvalue weighted by atomic mass is 19.4. The first-order valence-electron chi connectivity index (χ1n) is 9.85. The lowest BCUT2D eigenvalue weighted by molar-refractivity contribution is -0.141. The van der Waals surface area contributed by atoms with E-state index < -0.39 is 12.7 Å². The van der Waals surface area contributed by atoms with Crippen molar-refractivity contribution in [3.8, 4) is 11.4 Å². The fourth-order valence-corrected chi connectivity index (χ4v) is 4.03. The summed E-state index contributed by atoms with van der Waals surface area (Å²) in [5.41, 5.74) is 1.04. The van der Waals surface area contributed by atoms with Crippen molar-refractivity contribution in [3.63, 3.8) is 0 Å². The summed E-state index contributed by atoms with van der Waals surface area (Å²) >= 11 is 0. The second kappa shape index (κ2) is 7.97. The van der Waals surface area contributed by atoms with Gasteiger partial charge in [0.1, 0.15) is 12.4 Å². The van der Waals surface area contributed by atoms with E-state index in [-0.39, 0.29) is 23.6 Å². The predicted octanol–water partition coefficient (Wildman–Crippen LogP) is 2.63. The van der Waals surface area contributed by atoms with Gasteiger partial charge in [-0.3, -0.25) is 0 Å². The minimum atomic E-state index is -4.46.